The van der Waals surface area contributed by atoms with E-state index in [4.69, 9.17) is 20.2 Å². The highest BCUT2D eigenvalue weighted by Crippen LogP contribution is 2.25. The van der Waals surface area contributed by atoms with Crippen molar-refractivity contribution in [2.75, 3.05) is 7.11 Å². The predicted octanol–water partition coefficient (Wildman–Crippen LogP) is 4.14. The topological polar surface area (TPSA) is 79.4 Å². The maximum Gasteiger partial charge on any atom is 0.326 e. The lowest BCUT2D eigenvalue weighted by atomic mass is 10.1. The third kappa shape index (κ3) is 5.70. The molecule has 3 aromatic rings. The van der Waals surface area contributed by atoms with Crippen molar-refractivity contribution >= 4 is 5.97 Å². The Morgan fingerprint density at radius 2 is 1.77 bits per heavy atom. The molecule has 0 saturated heterocycles. The summed E-state index contributed by atoms with van der Waals surface area (Å²) < 4.78 is 12.5. The van der Waals surface area contributed by atoms with Gasteiger partial charge in [0.15, 0.2) is 0 Å². The van der Waals surface area contributed by atoms with Gasteiger partial charge in [-0.1, -0.05) is 30.3 Å². The molecule has 6 nitrogen and oxygen atoms in total. The van der Waals surface area contributed by atoms with Crippen LogP contribution in [0.2, 0.25) is 0 Å². The second-order valence-electron chi connectivity index (χ2n) is 8.22. The monoisotopic (exact) mass is 407 g/mol. The summed E-state index contributed by atoms with van der Waals surface area (Å²) in [5.41, 5.74) is 8.75. The van der Waals surface area contributed by atoms with Crippen LogP contribution in [0.15, 0.2) is 60.8 Å². The Balaban J connectivity index is 1.90. The van der Waals surface area contributed by atoms with Gasteiger partial charge in [0.2, 0.25) is 0 Å². The molecule has 1 aromatic heterocycles. The predicted molar refractivity (Wildman–Crippen MR) is 117 cm³/mol. The molecule has 3 rings (SSSR count). The minimum Gasteiger partial charge on any atom is -0.497 e. The van der Waals surface area contributed by atoms with Crippen molar-refractivity contribution in [3.05, 3.63) is 72.2 Å². The summed E-state index contributed by atoms with van der Waals surface area (Å²) in [5.74, 6) is 1.10. The van der Waals surface area contributed by atoms with E-state index in [2.05, 4.69) is 0 Å². The minimum atomic E-state index is -0.553. The summed E-state index contributed by atoms with van der Waals surface area (Å²) in [6.07, 6.45) is 2.47. The zero-order valence-electron chi connectivity index (χ0n) is 18.0. The van der Waals surface area contributed by atoms with E-state index >= 15 is 0 Å². The zero-order valence-corrected chi connectivity index (χ0v) is 18.0. The number of aromatic nitrogens is 2. The molecule has 0 aliphatic heterocycles. The van der Waals surface area contributed by atoms with E-state index in [0.717, 1.165) is 22.6 Å². The molecule has 2 aromatic carbocycles. The largest absolute Gasteiger partial charge is 0.497 e. The quantitative estimate of drug-likeness (QED) is 0.596. The number of imidazole rings is 1. The number of nitrogens with zero attached hydrogens (tertiary/aromatic N) is 2. The summed E-state index contributed by atoms with van der Waals surface area (Å²) in [5, 5.41) is 0. The number of methoxy groups -OCH3 is 1. The fourth-order valence-electron chi connectivity index (χ4n) is 3.23. The number of ether oxygens (including phenoxy) is 2. The van der Waals surface area contributed by atoms with Gasteiger partial charge in [-0.2, -0.15) is 0 Å². The summed E-state index contributed by atoms with van der Waals surface area (Å²) in [6, 6.07) is 17.3. The number of carbonyl (C=O) groups is 1. The van der Waals surface area contributed by atoms with Crippen molar-refractivity contribution in [1.29, 1.82) is 0 Å². The van der Waals surface area contributed by atoms with Gasteiger partial charge in [-0.15, -0.1) is 0 Å². The van der Waals surface area contributed by atoms with Crippen LogP contribution in [0.5, 0.6) is 5.75 Å². The van der Waals surface area contributed by atoms with Crippen LogP contribution in [0.25, 0.3) is 11.3 Å². The molecule has 0 radical (unpaired) electrons. The molecule has 0 spiro atoms. The molecular formula is C24H29N3O3. The first-order valence-corrected chi connectivity index (χ1v) is 9.98. The van der Waals surface area contributed by atoms with Gasteiger partial charge in [0.1, 0.15) is 23.7 Å². The Morgan fingerprint density at radius 3 is 2.37 bits per heavy atom. The van der Waals surface area contributed by atoms with Gasteiger partial charge >= 0.3 is 5.97 Å². The van der Waals surface area contributed by atoms with Gasteiger partial charge in [-0.3, -0.25) is 4.79 Å². The van der Waals surface area contributed by atoms with Crippen molar-refractivity contribution in [1.82, 2.24) is 9.55 Å². The van der Waals surface area contributed by atoms with Crippen molar-refractivity contribution < 1.29 is 14.3 Å². The molecule has 6 heteroatoms. The molecule has 0 aliphatic carbocycles. The number of esters is 1. The summed E-state index contributed by atoms with van der Waals surface area (Å²) >= 11 is 0. The van der Waals surface area contributed by atoms with Gasteiger partial charge in [-0.05, 0) is 57.0 Å². The lowest BCUT2D eigenvalue weighted by molar-refractivity contribution is -0.155. The van der Waals surface area contributed by atoms with Crippen LogP contribution in [-0.4, -0.2) is 28.2 Å². The number of rotatable bonds is 7. The number of hydrogen-bond acceptors (Lipinski definition) is 5. The van der Waals surface area contributed by atoms with Crippen LogP contribution in [0.3, 0.4) is 0 Å². The molecule has 0 unspecified atom stereocenters. The molecule has 0 aliphatic rings. The number of hydrogen-bond donors (Lipinski definition) is 1. The Labute approximate surface area is 177 Å². The van der Waals surface area contributed by atoms with E-state index in [1.54, 1.807) is 11.7 Å². The van der Waals surface area contributed by atoms with E-state index < -0.39 is 5.60 Å². The Kier molecular flexibility index (Phi) is 6.57. The first-order valence-electron chi connectivity index (χ1n) is 9.98. The van der Waals surface area contributed by atoms with Crippen LogP contribution in [0.1, 0.15) is 38.2 Å². The van der Waals surface area contributed by atoms with Crippen LogP contribution in [0.4, 0.5) is 0 Å². The fourth-order valence-corrected chi connectivity index (χ4v) is 3.23. The van der Waals surface area contributed by atoms with Crippen LogP contribution < -0.4 is 10.5 Å². The SMILES string of the molecule is COc1ccc(-c2cn(CC(=O)OC(C)(C)C)c([C@@H](N)Cc3ccccc3)n2)cc1. The van der Waals surface area contributed by atoms with Gasteiger partial charge in [0.25, 0.3) is 0 Å². The van der Waals surface area contributed by atoms with E-state index in [1.807, 2.05) is 81.6 Å². The fraction of sp³-hybridized carbons (Fsp3) is 0.333. The third-order valence-electron chi connectivity index (χ3n) is 4.54. The van der Waals surface area contributed by atoms with Gasteiger partial charge in [0.05, 0.1) is 18.8 Å². The average molecular weight is 408 g/mol. The summed E-state index contributed by atoms with van der Waals surface area (Å²) in [7, 11) is 1.63. The van der Waals surface area contributed by atoms with Crippen molar-refractivity contribution in [2.45, 2.75) is 45.4 Å². The lowest BCUT2D eigenvalue weighted by Gasteiger charge is -2.20. The van der Waals surface area contributed by atoms with Crippen molar-refractivity contribution in [3.8, 4) is 17.0 Å². The second kappa shape index (κ2) is 9.13. The van der Waals surface area contributed by atoms with Crippen LogP contribution in [0, 0.1) is 0 Å². The molecule has 1 atom stereocenters. The molecule has 30 heavy (non-hydrogen) atoms. The van der Waals surface area contributed by atoms with Gasteiger partial charge < -0.3 is 19.8 Å². The first kappa shape index (κ1) is 21.6. The van der Waals surface area contributed by atoms with Gasteiger partial charge in [0, 0.05) is 11.8 Å². The lowest BCUT2D eigenvalue weighted by Crippen LogP contribution is -2.28. The van der Waals surface area contributed by atoms with Crippen LogP contribution in [-0.2, 0) is 22.5 Å². The molecule has 0 fully saturated rings. The Hall–Kier alpha value is -3.12. The molecule has 158 valence electrons. The standard InChI is InChI=1S/C24H29N3O3/c1-24(2,3)30-22(28)16-27-15-21(18-10-12-19(29-4)13-11-18)26-23(27)20(25)14-17-8-6-5-7-9-17/h5-13,15,20H,14,16,25H2,1-4H3/t20-/m0/s1. The first-order chi connectivity index (χ1) is 14.2. The smallest absolute Gasteiger partial charge is 0.326 e. The van der Waals surface area contributed by atoms with E-state index in [0.29, 0.717) is 12.2 Å². The maximum atomic E-state index is 12.5. The minimum absolute atomic E-state index is 0.0538. The summed E-state index contributed by atoms with van der Waals surface area (Å²) in [4.78, 5) is 17.2. The molecule has 0 saturated carbocycles. The number of nitrogens with two attached hydrogens (primary N) is 1. The highest BCUT2D eigenvalue weighted by molar-refractivity contribution is 5.70. The normalized spacial score (nSPS) is 12.4. The van der Waals surface area contributed by atoms with Crippen molar-refractivity contribution in [2.24, 2.45) is 5.73 Å². The molecule has 0 bridgehead atoms. The van der Waals surface area contributed by atoms with E-state index in [9.17, 15) is 4.79 Å². The van der Waals surface area contributed by atoms with E-state index in [-0.39, 0.29) is 18.6 Å². The van der Waals surface area contributed by atoms with Crippen molar-refractivity contribution in [3.63, 3.8) is 0 Å². The number of carbonyl (C=O) groups excluding carboxylic acids is 1. The highest BCUT2D eigenvalue weighted by Gasteiger charge is 2.21. The van der Waals surface area contributed by atoms with Crippen LogP contribution >= 0.6 is 0 Å². The summed E-state index contributed by atoms with van der Waals surface area (Å²) in [6.45, 7) is 5.61. The molecule has 0 amide bonds. The molecule has 1 heterocycles. The third-order valence-corrected chi connectivity index (χ3v) is 4.54. The van der Waals surface area contributed by atoms with E-state index in [1.165, 1.54) is 0 Å². The Bertz CT molecular complexity index is 973. The highest BCUT2D eigenvalue weighted by atomic mass is 16.6. The number of benzene rings is 2. The molecular weight excluding hydrogens is 378 g/mol. The Morgan fingerprint density at radius 1 is 1.10 bits per heavy atom. The van der Waals surface area contributed by atoms with Gasteiger partial charge in [-0.25, -0.2) is 4.98 Å². The second-order valence-corrected chi connectivity index (χ2v) is 8.22. The maximum absolute atomic E-state index is 12.5. The average Bonchev–Trinajstić information content (AvgIpc) is 3.11. The zero-order chi connectivity index (χ0) is 21.7. The molecule has 2 N–H and O–H groups in total.